The summed E-state index contributed by atoms with van der Waals surface area (Å²) >= 11 is 5.20. The monoisotopic (exact) mass is 514 g/mol. The average Bonchev–Trinajstić information content (AvgIpc) is 3.38. The molecule has 0 bridgehead atoms. The number of piperidine rings is 1. The minimum atomic E-state index is 0.237. The number of benzene rings is 1. The zero-order chi connectivity index (χ0) is 22.1. The fourth-order valence-corrected chi connectivity index (χ4v) is 5.67. The van der Waals surface area contributed by atoms with Crippen LogP contribution in [0.2, 0.25) is 0 Å². The van der Waals surface area contributed by atoms with Crippen LogP contribution in [0.25, 0.3) is 11.2 Å². The van der Waals surface area contributed by atoms with Crippen LogP contribution in [0, 0.1) is 18.3 Å². The molecule has 32 heavy (non-hydrogen) atoms. The van der Waals surface area contributed by atoms with Crippen molar-refractivity contribution in [3.63, 3.8) is 0 Å². The van der Waals surface area contributed by atoms with Gasteiger partial charge in [0.2, 0.25) is 6.79 Å². The highest BCUT2D eigenvalue weighted by Gasteiger charge is 2.23. The molecular formula is C22H23BrN6O2S. The molecule has 5 rings (SSSR count). The average molecular weight is 515 g/mol. The van der Waals surface area contributed by atoms with E-state index in [9.17, 15) is 0 Å². The summed E-state index contributed by atoms with van der Waals surface area (Å²) in [5.74, 6) is 5.26. The largest absolute Gasteiger partial charge is 0.454 e. The Morgan fingerprint density at radius 1 is 1.22 bits per heavy atom. The fraction of sp³-hybridized carbons (Fsp3) is 0.409. The highest BCUT2D eigenvalue weighted by Crippen LogP contribution is 2.43. The fourth-order valence-electron chi connectivity index (χ4n) is 4.16. The molecule has 2 N–H and O–H groups in total. The third-order valence-electron chi connectivity index (χ3n) is 5.94. The van der Waals surface area contributed by atoms with Crippen molar-refractivity contribution in [2.45, 2.75) is 35.9 Å². The summed E-state index contributed by atoms with van der Waals surface area (Å²) in [6.45, 7) is 3.90. The van der Waals surface area contributed by atoms with Gasteiger partial charge in [-0.15, -0.1) is 6.42 Å². The molecule has 3 aromatic rings. The molecular weight excluding hydrogens is 492 g/mol. The lowest BCUT2D eigenvalue weighted by Crippen LogP contribution is -2.34. The van der Waals surface area contributed by atoms with Crippen LogP contribution in [0.5, 0.6) is 11.5 Å². The Morgan fingerprint density at radius 2 is 2.00 bits per heavy atom. The van der Waals surface area contributed by atoms with Crippen LogP contribution in [0.15, 0.2) is 33.0 Å². The molecule has 10 heteroatoms. The van der Waals surface area contributed by atoms with Crippen molar-refractivity contribution in [1.29, 1.82) is 0 Å². The highest BCUT2D eigenvalue weighted by molar-refractivity contribution is 9.10. The molecule has 0 amide bonds. The van der Waals surface area contributed by atoms with Gasteiger partial charge in [0.1, 0.15) is 6.33 Å². The van der Waals surface area contributed by atoms with E-state index in [2.05, 4.69) is 41.3 Å². The quantitative estimate of drug-likeness (QED) is 0.496. The first-order chi connectivity index (χ1) is 15.6. The van der Waals surface area contributed by atoms with Gasteiger partial charge in [0.15, 0.2) is 33.6 Å². The van der Waals surface area contributed by atoms with Gasteiger partial charge >= 0.3 is 0 Å². The number of ether oxygens (including phenoxy) is 2. The van der Waals surface area contributed by atoms with Crippen molar-refractivity contribution in [1.82, 2.24) is 24.4 Å². The molecule has 0 spiro atoms. The van der Waals surface area contributed by atoms with Crippen LogP contribution in [0.3, 0.4) is 0 Å². The molecule has 0 atom stereocenters. The van der Waals surface area contributed by atoms with E-state index in [-0.39, 0.29) is 6.79 Å². The number of nitrogens with zero attached hydrogens (tertiary/aromatic N) is 5. The van der Waals surface area contributed by atoms with Gasteiger partial charge in [-0.3, -0.25) is 4.90 Å². The summed E-state index contributed by atoms with van der Waals surface area (Å²) in [7, 11) is 0. The van der Waals surface area contributed by atoms with E-state index in [0.29, 0.717) is 17.3 Å². The second kappa shape index (κ2) is 9.17. The summed E-state index contributed by atoms with van der Waals surface area (Å²) < 4.78 is 14.1. The minimum absolute atomic E-state index is 0.237. The SMILES string of the molecule is C#CCN1CCC(CCn2c(Sc3cc4c(cc3Br)OCO4)nc3c(N)ncnc32)CC1. The molecule has 166 valence electrons. The van der Waals surface area contributed by atoms with E-state index >= 15 is 0 Å². The Kier molecular flexibility index (Phi) is 6.13. The Bertz CT molecular complexity index is 1190. The maximum atomic E-state index is 6.11. The van der Waals surface area contributed by atoms with Crippen LogP contribution in [0.4, 0.5) is 5.82 Å². The van der Waals surface area contributed by atoms with Crippen molar-refractivity contribution in [2.75, 3.05) is 32.2 Å². The van der Waals surface area contributed by atoms with E-state index in [0.717, 1.165) is 77.1 Å². The van der Waals surface area contributed by atoms with Crippen LogP contribution in [-0.2, 0) is 6.54 Å². The summed E-state index contributed by atoms with van der Waals surface area (Å²) in [6.07, 6.45) is 10.3. The zero-order valence-corrected chi connectivity index (χ0v) is 19.9. The van der Waals surface area contributed by atoms with E-state index < -0.39 is 0 Å². The van der Waals surface area contributed by atoms with Crippen LogP contribution in [0.1, 0.15) is 19.3 Å². The number of nitrogen functional groups attached to an aromatic ring is 1. The Balaban J connectivity index is 1.39. The van der Waals surface area contributed by atoms with Crippen LogP contribution < -0.4 is 15.2 Å². The van der Waals surface area contributed by atoms with Gasteiger partial charge < -0.3 is 19.8 Å². The molecule has 1 aromatic carbocycles. The van der Waals surface area contributed by atoms with Gasteiger partial charge in [0, 0.05) is 15.9 Å². The molecule has 2 aliphatic heterocycles. The third-order valence-corrected chi connectivity index (χ3v) is 7.91. The van der Waals surface area contributed by atoms with Crippen molar-refractivity contribution < 1.29 is 9.47 Å². The number of aryl methyl sites for hydroxylation is 1. The number of likely N-dealkylation sites (tertiary alicyclic amines) is 1. The number of rotatable bonds is 6. The minimum Gasteiger partial charge on any atom is -0.454 e. The second-order valence-corrected chi connectivity index (χ2v) is 9.79. The lowest BCUT2D eigenvalue weighted by molar-refractivity contribution is 0.174. The number of aromatic nitrogens is 4. The standard InChI is InChI=1S/C22H23BrN6O2S/c1-2-6-28-7-3-14(4-8-28)5-9-29-21-19(20(24)25-12-26-21)27-22(29)32-18-11-17-16(10-15(18)23)30-13-31-17/h1,10-12,14H,3-9,13H2,(H2,24,25,26). The Hall–Kier alpha value is -2.48. The van der Waals surface area contributed by atoms with Crippen LogP contribution in [-0.4, -0.2) is 50.8 Å². The number of nitrogens with two attached hydrogens (primary N) is 1. The van der Waals surface area contributed by atoms with Gasteiger partial charge in [-0.1, -0.05) is 17.7 Å². The van der Waals surface area contributed by atoms with Crippen molar-refractivity contribution in [2.24, 2.45) is 5.92 Å². The molecule has 8 nitrogen and oxygen atoms in total. The number of hydrogen-bond donors (Lipinski definition) is 1. The molecule has 2 aliphatic rings. The van der Waals surface area contributed by atoms with Gasteiger partial charge in [-0.2, -0.15) is 0 Å². The Labute approximate surface area is 199 Å². The van der Waals surface area contributed by atoms with Gasteiger partial charge in [-0.05, 0) is 66.3 Å². The van der Waals surface area contributed by atoms with Crippen molar-refractivity contribution in [3.8, 4) is 23.8 Å². The second-order valence-electron chi connectivity index (χ2n) is 7.93. The molecule has 0 unspecified atom stereocenters. The predicted molar refractivity (Wildman–Crippen MR) is 127 cm³/mol. The summed E-state index contributed by atoms with van der Waals surface area (Å²) in [5.41, 5.74) is 7.51. The van der Waals surface area contributed by atoms with E-state index in [1.54, 1.807) is 11.8 Å². The molecule has 0 radical (unpaired) electrons. The number of halogens is 1. The number of terminal acetylenes is 1. The summed E-state index contributed by atoms with van der Waals surface area (Å²) in [5, 5.41) is 0.830. The Morgan fingerprint density at radius 3 is 2.78 bits per heavy atom. The normalized spacial score (nSPS) is 16.5. The maximum absolute atomic E-state index is 6.11. The first-order valence-corrected chi connectivity index (χ1v) is 12.1. The summed E-state index contributed by atoms with van der Waals surface area (Å²) in [6, 6.07) is 3.90. The zero-order valence-electron chi connectivity index (χ0n) is 17.5. The van der Waals surface area contributed by atoms with E-state index in [4.69, 9.17) is 26.6 Å². The highest BCUT2D eigenvalue weighted by atomic mass is 79.9. The number of imidazole rings is 1. The number of fused-ring (bicyclic) bond motifs is 2. The smallest absolute Gasteiger partial charge is 0.231 e. The third kappa shape index (κ3) is 4.25. The van der Waals surface area contributed by atoms with Gasteiger partial charge in [-0.25, -0.2) is 15.0 Å². The lowest BCUT2D eigenvalue weighted by atomic mass is 9.93. The molecule has 0 saturated carbocycles. The molecule has 4 heterocycles. The van der Waals surface area contributed by atoms with Crippen LogP contribution >= 0.6 is 27.7 Å². The van der Waals surface area contributed by atoms with Gasteiger partial charge in [0.05, 0.1) is 6.54 Å². The maximum Gasteiger partial charge on any atom is 0.231 e. The molecule has 2 aromatic heterocycles. The molecule has 1 saturated heterocycles. The lowest BCUT2D eigenvalue weighted by Gasteiger charge is -2.30. The predicted octanol–water partition coefficient (Wildman–Crippen LogP) is 3.79. The van der Waals surface area contributed by atoms with Gasteiger partial charge in [0.25, 0.3) is 0 Å². The molecule has 0 aliphatic carbocycles. The van der Waals surface area contributed by atoms with E-state index in [1.165, 1.54) is 6.33 Å². The first-order valence-electron chi connectivity index (χ1n) is 10.5. The molecule has 1 fully saturated rings. The number of anilines is 1. The number of hydrogen-bond acceptors (Lipinski definition) is 8. The van der Waals surface area contributed by atoms with E-state index in [1.807, 2.05) is 12.1 Å². The van der Waals surface area contributed by atoms with Crippen molar-refractivity contribution >= 4 is 44.7 Å². The topological polar surface area (TPSA) is 91.3 Å². The first kappa shape index (κ1) is 21.4. The summed E-state index contributed by atoms with van der Waals surface area (Å²) in [4.78, 5) is 16.7. The van der Waals surface area contributed by atoms with Crippen molar-refractivity contribution in [3.05, 3.63) is 22.9 Å².